The second-order valence-corrected chi connectivity index (χ2v) is 10.1. The summed E-state index contributed by atoms with van der Waals surface area (Å²) in [5, 5.41) is 6.74. The van der Waals surface area contributed by atoms with Crippen LogP contribution >= 0.6 is 11.6 Å². The quantitative estimate of drug-likeness (QED) is 0.744. The molecular weight excluding hydrogens is 372 g/mol. The van der Waals surface area contributed by atoms with Crippen LogP contribution in [0.25, 0.3) is 0 Å². The fourth-order valence-corrected chi connectivity index (χ4v) is 6.35. The number of benzene rings is 1. The lowest BCUT2D eigenvalue weighted by Gasteiger charge is -2.55. The maximum Gasteiger partial charge on any atom is 0.243 e. The highest BCUT2D eigenvalue weighted by atomic mass is 35.5. The van der Waals surface area contributed by atoms with Gasteiger partial charge in [-0.3, -0.25) is 9.59 Å². The molecule has 1 unspecified atom stereocenters. The van der Waals surface area contributed by atoms with Crippen molar-refractivity contribution in [2.24, 2.45) is 29.1 Å². The first kappa shape index (κ1) is 19.8. The van der Waals surface area contributed by atoms with Gasteiger partial charge >= 0.3 is 0 Å². The van der Waals surface area contributed by atoms with Crippen LogP contribution in [0.1, 0.15) is 57.9 Å². The minimum atomic E-state index is -0.511. The van der Waals surface area contributed by atoms with Crippen LogP contribution in [0.2, 0.25) is 5.02 Å². The molecular formula is C23H31ClN2O2. The molecule has 1 aromatic rings. The van der Waals surface area contributed by atoms with Gasteiger partial charge in [0, 0.05) is 17.0 Å². The molecule has 28 heavy (non-hydrogen) atoms. The molecule has 4 bridgehead atoms. The first-order valence-corrected chi connectivity index (χ1v) is 11.1. The van der Waals surface area contributed by atoms with Crippen LogP contribution in [0, 0.1) is 29.1 Å². The fourth-order valence-electron chi connectivity index (χ4n) is 6.15. The Morgan fingerprint density at radius 1 is 1.07 bits per heavy atom. The van der Waals surface area contributed by atoms with Gasteiger partial charge < -0.3 is 10.6 Å². The van der Waals surface area contributed by atoms with Crippen molar-refractivity contribution in [1.29, 1.82) is 0 Å². The van der Waals surface area contributed by atoms with E-state index < -0.39 is 6.04 Å². The SMILES string of the molecule is CC(C)C(NC(=O)C12CC3CC(CC(C3)C1)C2)C(=O)NCc1ccccc1Cl. The molecule has 1 aromatic carbocycles. The van der Waals surface area contributed by atoms with E-state index in [1.54, 1.807) is 0 Å². The molecule has 4 saturated carbocycles. The van der Waals surface area contributed by atoms with Gasteiger partial charge in [-0.1, -0.05) is 43.6 Å². The Balaban J connectivity index is 1.41. The van der Waals surface area contributed by atoms with Crippen molar-refractivity contribution < 1.29 is 9.59 Å². The normalized spacial score (nSPS) is 31.6. The maximum absolute atomic E-state index is 13.3. The molecule has 0 saturated heterocycles. The highest BCUT2D eigenvalue weighted by molar-refractivity contribution is 6.31. The van der Waals surface area contributed by atoms with E-state index in [1.165, 1.54) is 19.3 Å². The average molecular weight is 403 g/mol. The Morgan fingerprint density at radius 3 is 2.18 bits per heavy atom. The topological polar surface area (TPSA) is 58.2 Å². The van der Waals surface area contributed by atoms with Gasteiger partial charge in [-0.05, 0) is 73.8 Å². The van der Waals surface area contributed by atoms with Crippen molar-refractivity contribution in [1.82, 2.24) is 10.6 Å². The minimum Gasteiger partial charge on any atom is -0.350 e. The summed E-state index contributed by atoms with van der Waals surface area (Å²) < 4.78 is 0. The maximum atomic E-state index is 13.3. The smallest absolute Gasteiger partial charge is 0.243 e. The predicted molar refractivity (Wildman–Crippen MR) is 111 cm³/mol. The van der Waals surface area contributed by atoms with Crippen LogP contribution < -0.4 is 10.6 Å². The summed E-state index contributed by atoms with van der Waals surface area (Å²) >= 11 is 6.19. The highest BCUT2D eigenvalue weighted by Crippen LogP contribution is 2.60. The zero-order valence-corrected chi connectivity index (χ0v) is 17.6. The number of halogens is 1. The zero-order valence-electron chi connectivity index (χ0n) is 16.8. The molecule has 0 heterocycles. The number of carbonyl (C=O) groups is 2. The summed E-state index contributed by atoms with van der Waals surface area (Å²) in [7, 11) is 0. The van der Waals surface area contributed by atoms with E-state index in [1.807, 2.05) is 38.1 Å². The Morgan fingerprint density at radius 2 is 1.64 bits per heavy atom. The number of rotatable bonds is 6. The highest BCUT2D eigenvalue weighted by Gasteiger charge is 2.55. The monoisotopic (exact) mass is 402 g/mol. The molecule has 0 radical (unpaired) electrons. The van der Waals surface area contributed by atoms with E-state index >= 15 is 0 Å². The van der Waals surface area contributed by atoms with Gasteiger partial charge in [0.25, 0.3) is 0 Å². The van der Waals surface area contributed by atoms with Crippen LogP contribution in [0.5, 0.6) is 0 Å². The molecule has 4 fully saturated rings. The van der Waals surface area contributed by atoms with Gasteiger partial charge in [-0.15, -0.1) is 0 Å². The van der Waals surface area contributed by atoms with Gasteiger partial charge in [-0.25, -0.2) is 0 Å². The molecule has 0 aliphatic heterocycles. The Hall–Kier alpha value is -1.55. The largest absolute Gasteiger partial charge is 0.350 e. The summed E-state index contributed by atoms with van der Waals surface area (Å²) in [5.74, 6) is 2.14. The first-order chi connectivity index (χ1) is 13.4. The van der Waals surface area contributed by atoms with Crippen molar-refractivity contribution >= 4 is 23.4 Å². The summed E-state index contributed by atoms with van der Waals surface area (Å²) in [4.78, 5) is 26.2. The van der Waals surface area contributed by atoms with Crippen molar-refractivity contribution in [2.75, 3.05) is 0 Å². The third-order valence-corrected chi connectivity index (χ3v) is 7.54. The van der Waals surface area contributed by atoms with E-state index in [2.05, 4.69) is 10.6 Å². The lowest BCUT2D eigenvalue weighted by molar-refractivity contribution is -0.149. The van der Waals surface area contributed by atoms with Crippen LogP contribution in [-0.4, -0.2) is 17.9 Å². The molecule has 152 valence electrons. The lowest BCUT2D eigenvalue weighted by atomic mass is 9.49. The van der Waals surface area contributed by atoms with E-state index in [0.29, 0.717) is 29.3 Å². The van der Waals surface area contributed by atoms with Crippen molar-refractivity contribution in [3.63, 3.8) is 0 Å². The zero-order chi connectivity index (χ0) is 19.9. The third-order valence-electron chi connectivity index (χ3n) is 7.17. The van der Waals surface area contributed by atoms with Gasteiger partial charge in [0.1, 0.15) is 6.04 Å². The summed E-state index contributed by atoms with van der Waals surface area (Å²) in [6, 6.07) is 6.99. The number of nitrogens with one attached hydrogen (secondary N) is 2. The van der Waals surface area contributed by atoms with E-state index in [9.17, 15) is 9.59 Å². The molecule has 4 nitrogen and oxygen atoms in total. The molecule has 2 N–H and O–H groups in total. The standard InChI is InChI=1S/C23H31ClN2O2/c1-14(2)20(21(27)25-13-18-5-3-4-6-19(18)24)26-22(28)23-10-15-7-16(11-23)9-17(8-15)12-23/h3-6,14-17,20H,7-13H2,1-2H3,(H,25,27)(H,26,28). The van der Waals surface area contributed by atoms with E-state index in [0.717, 1.165) is 24.8 Å². The molecule has 4 aliphatic rings. The fraction of sp³-hybridized carbons (Fsp3) is 0.652. The van der Waals surface area contributed by atoms with Gasteiger partial charge in [-0.2, -0.15) is 0 Å². The number of amides is 2. The number of hydrogen-bond acceptors (Lipinski definition) is 2. The van der Waals surface area contributed by atoms with Crippen LogP contribution in [0.15, 0.2) is 24.3 Å². The lowest BCUT2D eigenvalue weighted by Crippen LogP contribution is -2.58. The van der Waals surface area contributed by atoms with Crippen molar-refractivity contribution in [3.8, 4) is 0 Å². The summed E-state index contributed by atoms with van der Waals surface area (Å²) in [6.07, 6.45) is 6.94. The Bertz CT molecular complexity index is 725. The number of hydrogen-bond donors (Lipinski definition) is 2. The first-order valence-electron chi connectivity index (χ1n) is 10.7. The molecule has 5 rings (SSSR count). The molecule has 0 aromatic heterocycles. The molecule has 5 heteroatoms. The summed E-state index contributed by atoms with van der Waals surface area (Å²) in [5.41, 5.74) is 0.651. The molecule has 4 aliphatic carbocycles. The van der Waals surface area contributed by atoms with E-state index in [-0.39, 0.29) is 23.1 Å². The predicted octanol–water partition coefficient (Wildman–Crippen LogP) is 4.31. The van der Waals surface area contributed by atoms with Gasteiger partial charge in [0.15, 0.2) is 0 Å². The van der Waals surface area contributed by atoms with Crippen LogP contribution in [-0.2, 0) is 16.1 Å². The minimum absolute atomic E-state index is 0.0316. The summed E-state index contributed by atoms with van der Waals surface area (Å²) in [6.45, 7) is 4.34. The average Bonchev–Trinajstić information content (AvgIpc) is 2.63. The number of carbonyl (C=O) groups excluding carboxylic acids is 2. The van der Waals surface area contributed by atoms with Crippen LogP contribution in [0.4, 0.5) is 0 Å². The Labute approximate surface area is 172 Å². The van der Waals surface area contributed by atoms with E-state index in [4.69, 9.17) is 11.6 Å². The Kier molecular flexibility index (Phi) is 5.43. The molecule has 2 amide bonds. The van der Waals surface area contributed by atoms with Crippen LogP contribution in [0.3, 0.4) is 0 Å². The van der Waals surface area contributed by atoms with Crippen molar-refractivity contribution in [2.45, 2.75) is 65.0 Å². The second-order valence-electron chi connectivity index (χ2n) is 9.70. The molecule has 0 spiro atoms. The van der Waals surface area contributed by atoms with Crippen molar-refractivity contribution in [3.05, 3.63) is 34.9 Å². The van der Waals surface area contributed by atoms with Gasteiger partial charge in [0.2, 0.25) is 11.8 Å². The third kappa shape index (κ3) is 3.80. The second kappa shape index (κ2) is 7.70. The van der Waals surface area contributed by atoms with Gasteiger partial charge in [0.05, 0.1) is 0 Å². The molecule has 1 atom stereocenters.